The number of ether oxygens (including phenoxy) is 2. The van der Waals surface area contributed by atoms with Gasteiger partial charge < -0.3 is 15.2 Å². The summed E-state index contributed by atoms with van der Waals surface area (Å²) in [5, 5.41) is 0. The second kappa shape index (κ2) is 6.44. The standard InChI is InChI=1S/C12H17BrFNO2/c1-3-16-12(8-15,17-4-2)10-6-5-9(14)7-11(10)13/h5-7H,3-4,8,15H2,1-2H3. The van der Waals surface area contributed by atoms with Crippen LogP contribution in [0, 0.1) is 5.82 Å². The molecule has 0 aliphatic heterocycles. The summed E-state index contributed by atoms with van der Waals surface area (Å²) in [4.78, 5) is 0. The highest BCUT2D eigenvalue weighted by Gasteiger charge is 2.34. The van der Waals surface area contributed by atoms with Crippen LogP contribution >= 0.6 is 15.9 Å². The third-order valence-corrected chi connectivity index (χ3v) is 3.02. The predicted octanol–water partition coefficient (Wildman–Crippen LogP) is 2.77. The smallest absolute Gasteiger partial charge is 0.208 e. The molecule has 0 saturated heterocycles. The molecular weight excluding hydrogens is 289 g/mol. The van der Waals surface area contributed by atoms with Crippen LogP contribution in [0.5, 0.6) is 0 Å². The lowest BCUT2D eigenvalue weighted by Gasteiger charge is -2.33. The molecule has 0 saturated carbocycles. The summed E-state index contributed by atoms with van der Waals surface area (Å²) in [7, 11) is 0. The van der Waals surface area contributed by atoms with Gasteiger partial charge in [-0.3, -0.25) is 0 Å². The fourth-order valence-electron chi connectivity index (χ4n) is 1.69. The summed E-state index contributed by atoms with van der Waals surface area (Å²) in [6, 6.07) is 4.36. The van der Waals surface area contributed by atoms with Crippen molar-refractivity contribution >= 4 is 15.9 Å². The second-order valence-electron chi connectivity index (χ2n) is 3.45. The van der Waals surface area contributed by atoms with E-state index < -0.39 is 5.79 Å². The van der Waals surface area contributed by atoms with Crippen LogP contribution in [0.3, 0.4) is 0 Å². The molecule has 2 N–H and O–H groups in total. The molecule has 0 atom stereocenters. The molecule has 3 nitrogen and oxygen atoms in total. The lowest BCUT2D eigenvalue weighted by molar-refractivity contribution is -0.235. The van der Waals surface area contributed by atoms with E-state index in [4.69, 9.17) is 15.2 Å². The summed E-state index contributed by atoms with van der Waals surface area (Å²) in [5.41, 5.74) is 6.45. The Morgan fingerprint density at radius 2 is 1.88 bits per heavy atom. The van der Waals surface area contributed by atoms with Crippen LogP contribution in [-0.2, 0) is 15.3 Å². The number of benzene rings is 1. The van der Waals surface area contributed by atoms with Crippen molar-refractivity contribution < 1.29 is 13.9 Å². The van der Waals surface area contributed by atoms with Crippen molar-refractivity contribution in [2.24, 2.45) is 5.73 Å². The first-order valence-electron chi connectivity index (χ1n) is 5.53. The third-order valence-electron chi connectivity index (χ3n) is 2.37. The van der Waals surface area contributed by atoms with E-state index in [-0.39, 0.29) is 12.4 Å². The van der Waals surface area contributed by atoms with Crippen molar-refractivity contribution in [1.29, 1.82) is 0 Å². The molecule has 5 heteroatoms. The number of hydrogen-bond donors (Lipinski definition) is 1. The quantitative estimate of drug-likeness (QED) is 0.822. The summed E-state index contributed by atoms with van der Waals surface area (Å²) in [6.07, 6.45) is 0. The zero-order valence-corrected chi connectivity index (χ0v) is 11.6. The maximum Gasteiger partial charge on any atom is 0.208 e. The van der Waals surface area contributed by atoms with E-state index >= 15 is 0 Å². The van der Waals surface area contributed by atoms with Crippen LogP contribution in [0.25, 0.3) is 0 Å². The van der Waals surface area contributed by atoms with Gasteiger partial charge in [-0.15, -0.1) is 0 Å². The van der Waals surface area contributed by atoms with Crippen LogP contribution < -0.4 is 5.73 Å². The normalized spacial score (nSPS) is 11.8. The summed E-state index contributed by atoms with van der Waals surface area (Å²) in [5.74, 6) is -1.34. The largest absolute Gasteiger partial charge is 0.345 e. The molecule has 0 bridgehead atoms. The number of halogens is 2. The molecule has 1 aromatic carbocycles. The fraction of sp³-hybridized carbons (Fsp3) is 0.500. The lowest BCUT2D eigenvalue weighted by atomic mass is 10.1. The molecule has 0 unspecified atom stereocenters. The Bertz CT molecular complexity index is 368. The van der Waals surface area contributed by atoms with Gasteiger partial charge in [-0.25, -0.2) is 4.39 Å². The van der Waals surface area contributed by atoms with Crippen LogP contribution in [0.4, 0.5) is 4.39 Å². The van der Waals surface area contributed by atoms with E-state index in [1.807, 2.05) is 13.8 Å². The topological polar surface area (TPSA) is 44.5 Å². The maximum atomic E-state index is 13.1. The SMILES string of the molecule is CCOC(CN)(OCC)c1ccc(F)cc1Br. The maximum absolute atomic E-state index is 13.1. The van der Waals surface area contributed by atoms with Crippen molar-refractivity contribution in [3.63, 3.8) is 0 Å². The van der Waals surface area contributed by atoms with Gasteiger partial charge in [0.05, 0.1) is 6.54 Å². The van der Waals surface area contributed by atoms with Crippen molar-refractivity contribution in [3.05, 3.63) is 34.1 Å². The van der Waals surface area contributed by atoms with E-state index in [0.29, 0.717) is 23.2 Å². The zero-order valence-electron chi connectivity index (χ0n) is 10.0. The van der Waals surface area contributed by atoms with E-state index in [2.05, 4.69) is 15.9 Å². The summed E-state index contributed by atoms with van der Waals surface area (Å²) >= 11 is 3.31. The van der Waals surface area contributed by atoms with Crippen molar-refractivity contribution in [2.45, 2.75) is 19.6 Å². The first-order chi connectivity index (χ1) is 8.09. The van der Waals surface area contributed by atoms with Crippen LogP contribution in [0.2, 0.25) is 0 Å². The van der Waals surface area contributed by atoms with Crippen LogP contribution in [-0.4, -0.2) is 19.8 Å². The predicted molar refractivity (Wildman–Crippen MR) is 68.1 cm³/mol. The molecule has 0 aliphatic carbocycles. The van der Waals surface area contributed by atoms with Gasteiger partial charge in [0.15, 0.2) is 0 Å². The highest BCUT2D eigenvalue weighted by molar-refractivity contribution is 9.10. The van der Waals surface area contributed by atoms with Crippen molar-refractivity contribution in [2.75, 3.05) is 19.8 Å². The van der Waals surface area contributed by atoms with Gasteiger partial charge in [-0.2, -0.15) is 0 Å². The molecule has 0 fully saturated rings. The molecular formula is C12H17BrFNO2. The first kappa shape index (κ1) is 14.6. The van der Waals surface area contributed by atoms with Gasteiger partial charge >= 0.3 is 0 Å². The molecule has 0 radical (unpaired) electrons. The summed E-state index contributed by atoms with van der Waals surface area (Å²) < 4.78 is 24.9. The molecule has 1 aromatic rings. The molecule has 0 amide bonds. The molecule has 0 spiro atoms. The van der Waals surface area contributed by atoms with Crippen LogP contribution in [0.15, 0.2) is 22.7 Å². The molecule has 96 valence electrons. The minimum absolute atomic E-state index is 0.166. The third kappa shape index (κ3) is 3.25. The van der Waals surface area contributed by atoms with Gasteiger partial charge in [0.1, 0.15) is 5.82 Å². The molecule has 0 heterocycles. The Hall–Kier alpha value is -0.490. The Labute approximate surface area is 109 Å². The van der Waals surface area contributed by atoms with E-state index in [0.717, 1.165) is 0 Å². The Morgan fingerprint density at radius 1 is 1.29 bits per heavy atom. The number of rotatable bonds is 6. The molecule has 17 heavy (non-hydrogen) atoms. The highest BCUT2D eigenvalue weighted by Crippen LogP contribution is 2.32. The van der Waals surface area contributed by atoms with Crippen molar-refractivity contribution in [1.82, 2.24) is 0 Å². The second-order valence-corrected chi connectivity index (χ2v) is 4.30. The Balaban J connectivity index is 3.19. The zero-order chi connectivity index (χ0) is 12.9. The highest BCUT2D eigenvalue weighted by atomic mass is 79.9. The fourth-order valence-corrected chi connectivity index (χ4v) is 2.34. The Morgan fingerprint density at radius 3 is 2.29 bits per heavy atom. The number of nitrogens with two attached hydrogens (primary N) is 1. The minimum atomic E-state index is -1.02. The first-order valence-corrected chi connectivity index (χ1v) is 6.32. The van der Waals surface area contributed by atoms with Gasteiger partial charge in [0.25, 0.3) is 0 Å². The van der Waals surface area contributed by atoms with Gasteiger partial charge in [-0.1, -0.05) is 15.9 Å². The average Bonchev–Trinajstić information content (AvgIpc) is 2.28. The molecule has 1 rings (SSSR count). The average molecular weight is 306 g/mol. The van der Waals surface area contributed by atoms with Gasteiger partial charge in [-0.05, 0) is 32.0 Å². The van der Waals surface area contributed by atoms with E-state index in [1.54, 1.807) is 6.07 Å². The number of hydrogen-bond acceptors (Lipinski definition) is 3. The van der Waals surface area contributed by atoms with Crippen molar-refractivity contribution in [3.8, 4) is 0 Å². The Kier molecular flexibility index (Phi) is 5.52. The van der Waals surface area contributed by atoms with Gasteiger partial charge in [0, 0.05) is 23.2 Å². The molecule has 0 aliphatic rings. The lowest BCUT2D eigenvalue weighted by Crippen LogP contribution is -2.41. The molecule has 0 aromatic heterocycles. The monoisotopic (exact) mass is 305 g/mol. The minimum Gasteiger partial charge on any atom is -0.345 e. The summed E-state index contributed by atoms with van der Waals surface area (Å²) in [6.45, 7) is 4.81. The van der Waals surface area contributed by atoms with E-state index in [9.17, 15) is 4.39 Å². The van der Waals surface area contributed by atoms with E-state index in [1.165, 1.54) is 12.1 Å². The van der Waals surface area contributed by atoms with Crippen LogP contribution in [0.1, 0.15) is 19.4 Å². The van der Waals surface area contributed by atoms with Gasteiger partial charge in [0.2, 0.25) is 5.79 Å².